The highest BCUT2D eigenvalue weighted by Gasteiger charge is 2.28. The summed E-state index contributed by atoms with van der Waals surface area (Å²) in [7, 11) is 3.03. The molecule has 0 aliphatic carbocycles. The summed E-state index contributed by atoms with van der Waals surface area (Å²) in [5.41, 5.74) is 2.02. The Bertz CT molecular complexity index is 864. The first-order chi connectivity index (χ1) is 15.1. The van der Waals surface area contributed by atoms with Gasteiger partial charge in [0.2, 0.25) is 0 Å². The van der Waals surface area contributed by atoms with E-state index in [4.69, 9.17) is 14.2 Å². The summed E-state index contributed by atoms with van der Waals surface area (Å²) < 4.78 is 16.2. The number of ether oxygens (including phenoxy) is 3. The molecule has 166 valence electrons. The van der Waals surface area contributed by atoms with Crippen LogP contribution in [0, 0.1) is 5.92 Å². The molecule has 31 heavy (non-hydrogen) atoms. The SMILES string of the molecule is COC(=O)C1CC[NH+](CC(=O)NCc2ccc(OCc3ccccc3)c(OC)c2)CC1. The minimum Gasteiger partial charge on any atom is -0.493 e. The molecule has 0 atom stereocenters. The molecule has 2 N–H and O–H groups in total. The Hall–Kier alpha value is -3.06. The quantitative estimate of drug-likeness (QED) is 0.591. The van der Waals surface area contributed by atoms with Crippen molar-refractivity contribution in [2.75, 3.05) is 33.9 Å². The van der Waals surface area contributed by atoms with E-state index in [0.717, 1.165) is 37.1 Å². The number of hydrogen-bond acceptors (Lipinski definition) is 5. The van der Waals surface area contributed by atoms with E-state index in [9.17, 15) is 9.59 Å². The number of carbonyl (C=O) groups excluding carboxylic acids is 2. The lowest BCUT2D eigenvalue weighted by Crippen LogP contribution is -3.14. The molecule has 7 heteroatoms. The highest BCUT2D eigenvalue weighted by Crippen LogP contribution is 2.28. The minimum absolute atomic E-state index is 0.00473. The third-order valence-corrected chi connectivity index (χ3v) is 5.59. The van der Waals surface area contributed by atoms with Crippen molar-refractivity contribution in [1.29, 1.82) is 0 Å². The summed E-state index contributed by atoms with van der Waals surface area (Å²) in [6.07, 6.45) is 1.52. The fourth-order valence-electron chi connectivity index (χ4n) is 3.77. The van der Waals surface area contributed by atoms with E-state index in [2.05, 4.69) is 5.32 Å². The summed E-state index contributed by atoms with van der Waals surface area (Å²) in [5, 5.41) is 2.97. The third kappa shape index (κ3) is 6.72. The van der Waals surface area contributed by atoms with Gasteiger partial charge in [-0.05, 0) is 23.3 Å². The molecule has 3 rings (SSSR count). The van der Waals surface area contributed by atoms with Crippen molar-refractivity contribution in [2.45, 2.75) is 26.0 Å². The van der Waals surface area contributed by atoms with Crippen molar-refractivity contribution >= 4 is 11.9 Å². The van der Waals surface area contributed by atoms with Gasteiger partial charge in [0.25, 0.3) is 5.91 Å². The lowest BCUT2D eigenvalue weighted by atomic mass is 9.97. The van der Waals surface area contributed by atoms with Gasteiger partial charge in [-0.2, -0.15) is 0 Å². The summed E-state index contributed by atoms with van der Waals surface area (Å²) >= 11 is 0. The second-order valence-corrected chi connectivity index (χ2v) is 7.76. The van der Waals surface area contributed by atoms with Crippen LogP contribution in [0.3, 0.4) is 0 Å². The van der Waals surface area contributed by atoms with Crippen molar-refractivity contribution in [2.24, 2.45) is 5.92 Å². The monoisotopic (exact) mass is 427 g/mol. The number of piperidine rings is 1. The van der Waals surface area contributed by atoms with Gasteiger partial charge in [0.05, 0.1) is 33.2 Å². The van der Waals surface area contributed by atoms with Crippen LogP contribution in [0.1, 0.15) is 24.0 Å². The molecule has 1 amide bonds. The van der Waals surface area contributed by atoms with Crippen LogP contribution in [0.2, 0.25) is 0 Å². The van der Waals surface area contributed by atoms with Crippen molar-refractivity contribution in [3.05, 3.63) is 59.7 Å². The molecular formula is C24H31N2O5+. The van der Waals surface area contributed by atoms with E-state index in [1.54, 1.807) is 7.11 Å². The van der Waals surface area contributed by atoms with Gasteiger partial charge in [0.15, 0.2) is 18.0 Å². The zero-order chi connectivity index (χ0) is 22.1. The van der Waals surface area contributed by atoms with Gasteiger partial charge < -0.3 is 24.4 Å². The molecule has 0 unspecified atom stereocenters. The zero-order valence-electron chi connectivity index (χ0n) is 18.2. The first-order valence-electron chi connectivity index (χ1n) is 10.6. The van der Waals surface area contributed by atoms with E-state index in [1.807, 2.05) is 48.5 Å². The number of methoxy groups -OCH3 is 2. The third-order valence-electron chi connectivity index (χ3n) is 5.59. The Labute approximate surface area is 183 Å². The molecule has 1 aliphatic rings. The lowest BCUT2D eigenvalue weighted by Gasteiger charge is -2.27. The molecule has 2 aromatic rings. The Kier molecular flexibility index (Phi) is 8.29. The zero-order valence-corrected chi connectivity index (χ0v) is 18.2. The van der Waals surface area contributed by atoms with Crippen molar-refractivity contribution < 1.29 is 28.7 Å². The molecule has 7 nitrogen and oxygen atoms in total. The Morgan fingerprint density at radius 3 is 2.42 bits per heavy atom. The van der Waals surface area contributed by atoms with Crippen LogP contribution < -0.4 is 19.7 Å². The predicted molar refractivity (Wildman–Crippen MR) is 116 cm³/mol. The van der Waals surface area contributed by atoms with Crippen LogP contribution in [0.5, 0.6) is 11.5 Å². The summed E-state index contributed by atoms with van der Waals surface area (Å²) in [5.74, 6) is 1.12. The first kappa shape index (κ1) is 22.6. The highest BCUT2D eigenvalue weighted by molar-refractivity contribution is 5.77. The number of esters is 1. The predicted octanol–water partition coefficient (Wildman–Crippen LogP) is 1.36. The van der Waals surface area contributed by atoms with Crippen LogP contribution in [0.15, 0.2) is 48.5 Å². The largest absolute Gasteiger partial charge is 0.493 e. The molecule has 0 aromatic heterocycles. The van der Waals surface area contributed by atoms with Crippen LogP contribution in [-0.2, 0) is 27.5 Å². The average Bonchev–Trinajstić information content (AvgIpc) is 2.82. The molecule has 1 heterocycles. The summed E-state index contributed by atoms with van der Waals surface area (Å²) in [6.45, 7) is 2.89. The molecule has 1 aliphatic heterocycles. The standard InChI is InChI=1S/C24H30N2O5/c1-29-22-14-19(8-9-21(22)31-17-18-6-4-3-5-7-18)15-25-23(27)16-26-12-10-20(11-13-26)24(28)30-2/h3-9,14,20H,10-13,15-17H2,1-2H3,(H,25,27)/p+1. The maximum atomic E-state index is 12.4. The molecular weight excluding hydrogens is 396 g/mol. The van der Waals surface area contributed by atoms with Crippen LogP contribution in [0.25, 0.3) is 0 Å². The molecule has 0 saturated carbocycles. The minimum atomic E-state index is -0.145. The molecule has 0 spiro atoms. The number of nitrogens with one attached hydrogen (secondary N) is 2. The van der Waals surface area contributed by atoms with Gasteiger partial charge in [-0.15, -0.1) is 0 Å². The fourth-order valence-corrected chi connectivity index (χ4v) is 3.77. The summed E-state index contributed by atoms with van der Waals surface area (Å²) in [4.78, 5) is 25.2. The van der Waals surface area contributed by atoms with E-state index in [0.29, 0.717) is 31.2 Å². The number of amides is 1. The number of rotatable bonds is 9. The number of benzene rings is 2. The molecule has 1 fully saturated rings. The number of hydrogen-bond donors (Lipinski definition) is 2. The van der Waals surface area contributed by atoms with Crippen molar-refractivity contribution in [3.63, 3.8) is 0 Å². The Morgan fingerprint density at radius 2 is 1.74 bits per heavy atom. The van der Waals surface area contributed by atoms with Gasteiger partial charge in [-0.25, -0.2) is 0 Å². The van der Waals surface area contributed by atoms with Gasteiger partial charge in [-0.3, -0.25) is 9.59 Å². The normalized spacial score (nSPS) is 18.1. The Balaban J connectivity index is 1.45. The van der Waals surface area contributed by atoms with Gasteiger partial charge in [0, 0.05) is 19.4 Å². The topological polar surface area (TPSA) is 78.3 Å². The van der Waals surface area contributed by atoms with Crippen LogP contribution in [-0.4, -0.2) is 45.7 Å². The maximum Gasteiger partial charge on any atom is 0.309 e. The molecule has 2 aromatic carbocycles. The molecule has 0 bridgehead atoms. The van der Waals surface area contributed by atoms with Gasteiger partial charge >= 0.3 is 5.97 Å². The van der Waals surface area contributed by atoms with Crippen LogP contribution in [0.4, 0.5) is 0 Å². The van der Waals surface area contributed by atoms with Crippen LogP contribution >= 0.6 is 0 Å². The first-order valence-corrected chi connectivity index (χ1v) is 10.6. The maximum absolute atomic E-state index is 12.4. The fraction of sp³-hybridized carbons (Fsp3) is 0.417. The van der Waals surface area contributed by atoms with Crippen molar-refractivity contribution in [3.8, 4) is 11.5 Å². The van der Waals surface area contributed by atoms with E-state index < -0.39 is 0 Å². The Morgan fingerprint density at radius 1 is 1.00 bits per heavy atom. The van der Waals surface area contributed by atoms with Gasteiger partial charge in [-0.1, -0.05) is 36.4 Å². The molecule has 0 radical (unpaired) electrons. The number of quaternary nitrogens is 1. The molecule has 1 saturated heterocycles. The summed E-state index contributed by atoms with van der Waals surface area (Å²) in [6, 6.07) is 15.6. The van der Waals surface area contributed by atoms with E-state index in [1.165, 1.54) is 12.0 Å². The smallest absolute Gasteiger partial charge is 0.309 e. The van der Waals surface area contributed by atoms with E-state index in [-0.39, 0.29) is 17.8 Å². The second kappa shape index (κ2) is 11.4. The second-order valence-electron chi connectivity index (χ2n) is 7.76. The lowest BCUT2D eigenvalue weighted by molar-refractivity contribution is -0.897. The number of likely N-dealkylation sites (tertiary alicyclic amines) is 1. The van der Waals surface area contributed by atoms with Gasteiger partial charge in [0.1, 0.15) is 6.61 Å². The number of carbonyl (C=O) groups is 2. The average molecular weight is 428 g/mol. The van der Waals surface area contributed by atoms with E-state index >= 15 is 0 Å². The van der Waals surface area contributed by atoms with Crippen molar-refractivity contribution in [1.82, 2.24) is 5.32 Å². The highest BCUT2D eigenvalue weighted by atomic mass is 16.5.